The van der Waals surface area contributed by atoms with Crippen molar-refractivity contribution in [2.75, 3.05) is 0 Å². The summed E-state index contributed by atoms with van der Waals surface area (Å²) in [4.78, 5) is 11.4. The molecule has 1 aliphatic rings. The van der Waals surface area contributed by atoms with Gasteiger partial charge in [0.05, 0.1) is 5.60 Å². The Morgan fingerprint density at radius 1 is 1.12 bits per heavy atom. The van der Waals surface area contributed by atoms with Gasteiger partial charge in [-0.15, -0.1) is 0 Å². The number of aliphatic hydroxyl groups is 1. The SMILES string of the molecule is CC(C)=CCCC(=CCCC(C)=CCC[C@](C)(O)[C@@H]1Cc2cc(O)cc(C)c2O1)C(=O)O. The molecule has 0 aromatic heterocycles. The van der Waals surface area contributed by atoms with Crippen LogP contribution < -0.4 is 4.74 Å². The van der Waals surface area contributed by atoms with Crippen molar-refractivity contribution in [3.63, 3.8) is 0 Å². The van der Waals surface area contributed by atoms with Crippen LogP contribution in [-0.2, 0) is 11.2 Å². The summed E-state index contributed by atoms with van der Waals surface area (Å²) in [6, 6.07) is 3.38. The Morgan fingerprint density at radius 3 is 2.47 bits per heavy atom. The Bertz CT molecular complexity index is 901. The predicted molar refractivity (Wildman–Crippen MR) is 128 cm³/mol. The third-order valence-electron chi connectivity index (χ3n) is 6.01. The van der Waals surface area contributed by atoms with Crippen LogP contribution in [0.25, 0.3) is 0 Å². The van der Waals surface area contributed by atoms with Crippen LogP contribution in [0.2, 0.25) is 0 Å². The Labute approximate surface area is 192 Å². The Kier molecular flexibility index (Phi) is 9.14. The van der Waals surface area contributed by atoms with E-state index in [1.54, 1.807) is 19.1 Å². The maximum Gasteiger partial charge on any atom is 0.331 e. The molecule has 2 rings (SSSR count). The van der Waals surface area contributed by atoms with E-state index in [0.29, 0.717) is 31.3 Å². The van der Waals surface area contributed by atoms with Crippen LogP contribution in [0.4, 0.5) is 0 Å². The van der Waals surface area contributed by atoms with Crippen LogP contribution in [0, 0.1) is 6.92 Å². The van der Waals surface area contributed by atoms with Crippen molar-refractivity contribution in [3.05, 3.63) is 58.2 Å². The standard InChI is InChI=1S/C27H38O5/c1-18(2)9-6-12-21(26(29)30)13-7-10-19(3)11-8-14-27(5,31)24-17-22-16-23(28)15-20(4)25(22)32-24/h9,11,13,15-16,24,28,31H,6-8,10,12,14,17H2,1-5H3,(H,29,30)/t24-,27-/m0/s1. The van der Waals surface area contributed by atoms with Gasteiger partial charge in [-0.1, -0.05) is 29.4 Å². The molecule has 1 aliphatic heterocycles. The third kappa shape index (κ3) is 7.56. The molecule has 32 heavy (non-hydrogen) atoms. The smallest absolute Gasteiger partial charge is 0.331 e. The second-order valence-electron chi connectivity index (χ2n) is 9.40. The van der Waals surface area contributed by atoms with Crippen molar-refractivity contribution in [1.29, 1.82) is 0 Å². The van der Waals surface area contributed by atoms with Crippen LogP contribution >= 0.6 is 0 Å². The normalized spacial score (nSPS) is 18.0. The van der Waals surface area contributed by atoms with Crippen LogP contribution in [0.1, 0.15) is 77.3 Å². The number of aromatic hydroxyl groups is 1. The zero-order chi connectivity index (χ0) is 23.9. The highest BCUT2D eigenvalue weighted by molar-refractivity contribution is 5.86. The average Bonchev–Trinajstić information content (AvgIpc) is 3.11. The number of fused-ring (bicyclic) bond motifs is 1. The van der Waals surface area contributed by atoms with Crippen molar-refractivity contribution in [1.82, 2.24) is 0 Å². The van der Waals surface area contributed by atoms with Crippen LogP contribution in [0.3, 0.4) is 0 Å². The molecule has 0 radical (unpaired) electrons. The molecular formula is C27H38O5. The molecule has 176 valence electrons. The molecule has 0 saturated heterocycles. The van der Waals surface area contributed by atoms with E-state index in [9.17, 15) is 20.1 Å². The third-order valence-corrected chi connectivity index (χ3v) is 6.01. The highest BCUT2D eigenvalue weighted by atomic mass is 16.5. The summed E-state index contributed by atoms with van der Waals surface area (Å²) in [5, 5.41) is 30.2. The molecule has 1 aromatic carbocycles. The number of rotatable bonds is 11. The van der Waals surface area contributed by atoms with Gasteiger partial charge in [0.1, 0.15) is 17.6 Å². The van der Waals surface area contributed by atoms with E-state index < -0.39 is 11.6 Å². The molecule has 0 unspecified atom stereocenters. The topological polar surface area (TPSA) is 87.0 Å². The van der Waals surface area contributed by atoms with E-state index in [4.69, 9.17) is 4.74 Å². The molecule has 0 spiro atoms. The van der Waals surface area contributed by atoms with Crippen molar-refractivity contribution in [2.45, 2.75) is 91.3 Å². The van der Waals surface area contributed by atoms with E-state index in [1.165, 1.54) is 11.1 Å². The first-order chi connectivity index (χ1) is 15.0. The number of carboxylic acids is 1. The zero-order valence-corrected chi connectivity index (χ0v) is 20.1. The van der Waals surface area contributed by atoms with Crippen molar-refractivity contribution >= 4 is 5.97 Å². The number of aliphatic carboxylic acids is 1. The lowest BCUT2D eigenvalue weighted by molar-refractivity contribution is -0.132. The number of hydrogen-bond acceptors (Lipinski definition) is 4. The van der Waals surface area contributed by atoms with Gasteiger partial charge in [0.25, 0.3) is 0 Å². The minimum Gasteiger partial charge on any atom is -0.508 e. The summed E-state index contributed by atoms with van der Waals surface area (Å²) in [7, 11) is 0. The highest BCUT2D eigenvalue weighted by Crippen LogP contribution is 2.39. The molecule has 0 saturated carbocycles. The molecule has 3 N–H and O–H groups in total. The lowest BCUT2D eigenvalue weighted by Gasteiger charge is -2.29. The summed E-state index contributed by atoms with van der Waals surface area (Å²) < 4.78 is 6.03. The van der Waals surface area contributed by atoms with Crippen molar-refractivity contribution < 1.29 is 24.9 Å². The van der Waals surface area contributed by atoms with Gasteiger partial charge in [0, 0.05) is 17.6 Å². The van der Waals surface area contributed by atoms with E-state index in [1.807, 2.05) is 33.8 Å². The molecule has 1 heterocycles. The minimum atomic E-state index is -0.987. The first-order valence-electron chi connectivity index (χ1n) is 11.4. The number of phenols is 1. The van der Waals surface area contributed by atoms with Crippen LogP contribution in [0.5, 0.6) is 11.5 Å². The summed E-state index contributed by atoms with van der Waals surface area (Å²) in [5.74, 6) is 0.150. The van der Waals surface area contributed by atoms with Crippen LogP contribution in [0.15, 0.2) is 47.1 Å². The Hall–Kier alpha value is -2.53. The maximum atomic E-state index is 11.4. The van der Waals surface area contributed by atoms with Gasteiger partial charge < -0.3 is 20.1 Å². The predicted octanol–water partition coefficient (Wildman–Crippen LogP) is 6.02. The number of hydrogen-bond donors (Lipinski definition) is 3. The second kappa shape index (κ2) is 11.4. The fraction of sp³-hybridized carbons (Fsp3) is 0.519. The van der Waals surface area contributed by atoms with E-state index in [0.717, 1.165) is 36.1 Å². The fourth-order valence-electron chi connectivity index (χ4n) is 4.04. The molecule has 0 bridgehead atoms. The summed E-state index contributed by atoms with van der Waals surface area (Å²) >= 11 is 0. The number of benzene rings is 1. The Balaban J connectivity index is 1.84. The second-order valence-corrected chi connectivity index (χ2v) is 9.40. The molecule has 1 aromatic rings. The largest absolute Gasteiger partial charge is 0.508 e. The number of aryl methyl sites for hydroxylation is 1. The first-order valence-corrected chi connectivity index (χ1v) is 11.4. The Morgan fingerprint density at radius 2 is 1.81 bits per heavy atom. The first kappa shape index (κ1) is 25.7. The van der Waals surface area contributed by atoms with E-state index in [2.05, 4.69) is 12.2 Å². The van der Waals surface area contributed by atoms with Gasteiger partial charge in [0.15, 0.2) is 0 Å². The lowest BCUT2D eigenvalue weighted by Crippen LogP contribution is -2.42. The summed E-state index contributed by atoms with van der Waals surface area (Å²) in [5.41, 5.74) is 3.68. The number of ether oxygens (including phenoxy) is 1. The molecule has 5 heteroatoms. The number of phenolic OH excluding ortho intramolecular Hbond substituents is 1. The molecule has 5 nitrogen and oxygen atoms in total. The summed E-state index contributed by atoms with van der Waals surface area (Å²) in [6.07, 6.45) is 10.3. The minimum absolute atomic E-state index is 0.223. The summed E-state index contributed by atoms with van der Waals surface area (Å²) in [6.45, 7) is 9.77. The molecular weight excluding hydrogens is 404 g/mol. The van der Waals surface area contributed by atoms with Gasteiger partial charge in [-0.2, -0.15) is 0 Å². The number of allylic oxidation sites excluding steroid dienone is 5. The van der Waals surface area contributed by atoms with E-state index in [-0.39, 0.29) is 11.9 Å². The fourth-order valence-corrected chi connectivity index (χ4v) is 4.04. The zero-order valence-electron chi connectivity index (χ0n) is 20.1. The lowest BCUT2D eigenvalue weighted by atomic mass is 9.90. The molecule has 0 aliphatic carbocycles. The average molecular weight is 443 g/mol. The number of carboxylic acid groups (broad SMARTS) is 1. The molecule has 0 fully saturated rings. The van der Waals surface area contributed by atoms with Gasteiger partial charge in [-0.3, -0.25) is 0 Å². The molecule has 0 amide bonds. The van der Waals surface area contributed by atoms with Crippen LogP contribution in [-0.4, -0.2) is 33.0 Å². The van der Waals surface area contributed by atoms with Crippen molar-refractivity contribution in [2.24, 2.45) is 0 Å². The highest BCUT2D eigenvalue weighted by Gasteiger charge is 2.38. The maximum absolute atomic E-state index is 11.4. The van der Waals surface area contributed by atoms with E-state index >= 15 is 0 Å². The van der Waals surface area contributed by atoms with Crippen molar-refractivity contribution in [3.8, 4) is 11.5 Å². The van der Waals surface area contributed by atoms with Gasteiger partial charge in [0.2, 0.25) is 0 Å². The molecule has 2 atom stereocenters. The van der Waals surface area contributed by atoms with Gasteiger partial charge in [-0.05, 0) is 90.8 Å². The van der Waals surface area contributed by atoms with Gasteiger partial charge in [-0.25, -0.2) is 4.79 Å². The number of carbonyl (C=O) groups is 1. The van der Waals surface area contributed by atoms with Gasteiger partial charge >= 0.3 is 5.97 Å². The quantitative estimate of drug-likeness (QED) is 0.288. The monoisotopic (exact) mass is 442 g/mol.